The molecule has 0 fully saturated rings. The van der Waals surface area contributed by atoms with Gasteiger partial charge < -0.3 is 29.2 Å². The largest absolute Gasteiger partial charge is 0.507 e. The standard InChI is InChI=1S/C43H20F10N4O5/c1-13-41(59)16(11-14-15(43(60)61-2)12-25(58)62-42(13)14)26-19-7-9-23(56-19)27(29-31(44)35(48)39(52)36(49)32(29)45)21-5-3-17(54-21)18-4-6-22(55-18)28(24-10-8-20(26)57-24)30-33(46)37(50)40(53)38(51)34(30)47/h3-12,54,56-57,59H,1-2H3. The highest BCUT2D eigenvalue weighted by atomic mass is 19.2. The zero-order chi connectivity index (χ0) is 44.2. The predicted octanol–water partition coefficient (Wildman–Crippen LogP) is 11.0. The molecule has 6 heterocycles. The number of aromatic amines is 3. The normalized spacial score (nSPS) is 12.0. The number of fused-ring (bicyclic) bond motifs is 10. The highest BCUT2D eigenvalue weighted by Crippen LogP contribution is 2.44. The SMILES string of the molecule is COC(=O)c1cc(=O)oc2c(C)c(O)c(-c3c4ccc([nH]4)c(-c4c(F)c(F)c(F)c(F)c4F)c4nc(c5ccc([nH]5)c(-c5c(F)c(F)c(F)c(F)c5F)c5ccc3[nH]5)C=C4)cc12. The number of rotatable bonds is 4. The molecule has 0 radical (unpaired) electrons. The lowest BCUT2D eigenvalue weighted by Crippen LogP contribution is -2.09. The van der Waals surface area contributed by atoms with Gasteiger partial charge in [0.15, 0.2) is 46.5 Å². The number of phenolic OH excluding ortho intramolecular Hbond substituents is 1. The second kappa shape index (κ2) is 14.1. The minimum absolute atomic E-state index is 0.00455. The summed E-state index contributed by atoms with van der Waals surface area (Å²) in [4.78, 5) is 38.3. The Balaban J connectivity index is 1.53. The molecule has 9 rings (SSSR count). The topological polar surface area (TPSA) is 137 Å². The molecule has 62 heavy (non-hydrogen) atoms. The monoisotopic (exact) mass is 862 g/mol. The van der Waals surface area contributed by atoms with Crippen LogP contribution in [-0.4, -0.2) is 38.1 Å². The zero-order valence-corrected chi connectivity index (χ0v) is 31.1. The minimum atomic E-state index is -2.44. The van der Waals surface area contributed by atoms with Crippen molar-refractivity contribution < 1.29 is 63.0 Å². The number of carbonyl (C=O) groups is 1. The maximum atomic E-state index is 15.7. The van der Waals surface area contributed by atoms with E-state index in [1.54, 1.807) is 0 Å². The molecule has 0 atom stereocenters. The fraction of sp³-hybridized carbons (Fsp3) is 0.0465. The van der Waals surface area contributed by atoms with Crippen molar-refractivity contribution in [1.82, 2.24) is 19.9 Å². The van der Waals surface area contributed by atoms with Gasteiger partial charge in [-0.05, 0) is 61.5 Å². The predicted molar refractivity (Wildman–Crippen MR) is 205 cm³/mol. The van der Waals surface area contributed by atoms with Crippen LogP contribution in [-0.2, 0) is 4.74 Å². The van der Waals surface area contributed by atoms with Gasteiger partial charge in [-0.2, -0.15) is 0 Å². The lowest BCUT2D eigenvalue weighted by Gasteiger charge is -2.13. The summed E-state index contributed by atoms with van der Waals surface area (Å²) in [6.45, 7) is 1.31. The van der Waals surface area contributed by atoms with E-state index in [1.807, 2.05) is 0 Å². The van der Waals surface area contributed by atoms with Gasteiger partial charge >= 0.3 is 11.6 Å². The van der Waals surface area contributed by atoms with Crippen molar-refractivity contribution in [3.05, 3.63) is 140 Å². The van der Waals surface area contributed by atoms with Crippen molar-refractivity contribution in [3.63, 3.8) is 0 Å². The number of carbonyl (C=O) groups excluding carboxylic acids is 1. The Hall–Kier alpha value is -7.83. The molecule has 8 bridgehead atoms. The maximum Gasteiger partial charge on any atom is 0.338 e. The van der Waals surface area contributed by atoms with Crippen LogP contribution in [0.1, 0.15) is 27.3 Å². The number of H-pyrrole nitrogens is 3. The number of benzene rings is 3. The molecule has 0 aliphatic carbocycles. The first-order chi connectivity index (χ1) is 29.5. The molecule has 0 amide bonds. The van der Waals surface area contributed by atoms with Crippen molar-refractivity contribution >= 4 is 62.2 Å². The van der Waals surface area contributed by atoms with Gasteiger partial charge in [-0.3, -0.25) is 0 Å². The number of methoxy groups -OCH3 is 1. The van der Waals surface area contributed by atoms with E-state index in [0.717, 1.165) is 19.3 Å². The maximum absolute atomic E-state index is 15.7. The third-order valence-electron chi connectivity index (χ3n) is 10.4. The quantitative estimate of drug-likeness (QED) is 0.0457. The molecule has 0 unspecified atom stereocenters. The third-order valence-corrected chi connectivity index (χ3v) is 10.4. The van der Waals surface area contributed by atoms with Crippen LogP contribution in [0.3, 0.4) is 0 Å². The number of aromatic nitrogens is 4. The summed E-state index contributed by atoms with van der Waals surface area (Å²) in [5, 5.41) is 11.7. The third kappa shape index (κ3) is 5.75. The van der Waals surface area contributed by atoms with Crippen LogP contribution in [0.25, 0.3) is 89.6 Å². The van der Waals surface area contributed by atoms with E-state index >= 15 is 17.6 Å². The molecule has 5 aromatic heterocycles. The minimum Gasteiger partial charge on any atom is -0.507 e. The van der Waals surface area contributed by atoms with E-state index < -0.39 is 97.8 Å². The number of hydrogen-bond acceptors (Lipinski definition) is 6. The fourth-order valence-corrected chi connectivity index (χ4v) is 7.53. The average Bonchev–Trinajstić information content (AvgIpc) is 4.11. The number of nitrogens with one attached hydrogen (secondary N) is 3. The number of nitrogens with zero attached hydrogens (tertiary/aromatic N) is 1. The highest BCUT2D eigenvalue weighted by Gasteiger charge is 2.31. The molecular weight excluding hydrogens is 842 g/mol. The number of hydrogen-bond donors (Lipinski definition) is 4. The van der Waals surface area contributed by atoms with Crippen molar-refractivity contribution in [3.8, 4) is 39.1 Å². The van der Waals surface area contributed by atoms with Crippen molar-refractivity contribution in [2.45, 2.75) is 6.92 Å². The van der Waals surface area contributed by atoms with E-state index in [-0.39, 0.29) is 77.7 Å². The Morgan fingerprint density at radius 2 is 1.00 bits per heavy atom. The van der Waals surface area contributed by atoms with Crippen molar-refractivity contribution in [2.24, 2.45) is 0 Å². The summed E-state index contributed by atoms with van der Waals surface area (Å²) in [7, 11) is 1.03. The van der Waals surface area contributed by atoms with Crippen LogP contribution in [0, 0.1) is 65.1 Å². The summed E-state index contributed by atoms with van der Waals surface area (Å²) >= 11 is 0. The Labute approximate surface area is 337 Å². The van der Waals surface area contributed by atoms with Gasteiger partial charge in [-0.1, -0.05) is 0 Å². The molecule has 0 saturated carbocycles. The molecule has 4 N–H and O–H groups in total. The van der Waals surface area contributed by atoms with E-state index in [2.05, 4.69) is 19.9 Å². The molecule has 19 heteroatoms. The van der Waals surface area contributed by atoms with Crippen LogP contribution >= 0.6 is 0 Å². The summed E-state index contributed by atoms with van der Waals surface area (Å²) in [5.41, 5.74) is -7.72. The van der Waals surface area contributed by atoms with Crippen LogP contribution in [0.15, 0.2) is 57.7 Å². The zero-order valence-electron chi connectivity index (χ0n) is 31.1. The van der Waals surface area contributed by atoms with Crippen LogP contribution in [0.4, 0.5) is 43.9 Å². The molecular formula is C43H20F10N4O5. The molecule has 9 nitrogen and oxygen atoms in total. The Bertz CT molecular complexity index is 3490. The lowest BCUT2D eigenvalue weighted by molar-refractivity contribution is 0.0602. The fourth-order valence-electron chi connectivity index (χ4n) is 7.53. The number of aromatic hydroxyl groups is 1. The summed E-state index contributed by atoms with van der Waals surface area (Å²) in [6, 6.07) is 9.35. The molecule has 0 saturated heterocycles. The molecule has 1 aliphatic heterocycles. The lowest BCUT2D eigenvalue weighted by atomic mass is 9.96. The van der Waals surface area contributed by atoms with Gasteiger partial charge in [0.1, 0.15) is 11.3 Å². The van der Waals surface area contributed by atoms with Gasteiger partial charge in [-0.25, -0.2) is 58.5 Å². The Morgan fingerprint density at radius 1 is 0.581 bits per heavy atom. The second-order valence-electron chi connectivity index (χ2n) is 13.8. The van der Waals surface area contributed by atoms with Crippen molar-refractivity contribution in [2.75, 3.05) is 7.11 Å². The molecule has 0 spiro atoms. The number of phenols is 1. The van der Waals surface area contributed by atoms with Gasteiger partial charge in [0, 0.05) is 66.9 Å². The Kier molecular flexibility index (Phi) is 9.04. The van der Waals surface area contributed by atoms with Gasteiger partial charge in [0.25, 0.3) is 0 Å². The summed E-state index contributed by atoms with van der Waals surface area (Å²) in [5.74, 6) is -24.5. The molecule has 1 aliphatic rings. The van der Waals surface area contributed by atoms with Gasteiger partial charge in [-0.15, -0.1) is 0 Å². The van der Waals surface area contributed by atoms with Crippen LogP contribution in [0.5, 0.6) is 5.75 Å². The smallest absolute Gasteiger partial charge is 0.338 e. The average molecular weight is 863 g/mol. The molecule has 8 aromatic rings. The summed E-state index contributed by atoms with van der Waals surface area (Å²) < 4.78 is 161. The number of esters is 1. The second-order valence-corrected chi connectivity index (χ2v) is 13.8. The van der Waals surface area contributed by atoms with E-state index in [1.165, 1.54) is 55.5 Å². The number of ether oxygens (including phenoxy) is 1. The highest BCUT2D eigenvalue weighted by molar-refractivity contribution is 6.08. The number of halogens is 10. The van der Waals surface area contributed by atoms with Crippen LogP contribution in [0.2, 0.25) is 0 Å². The van der Waals surface area contributed by atoms with E-state index in [4.69, 9.17) is 9.15 Å². The first-order valence-electron chi connectivity index (χ1n) is 17.8. The molecule has 312 valence electrons. The molecule has 3 aromatic carbocycles. The summed E-state index contributed by atoms with van der Waals surface area (Å²) in [6.07, 6.45) is 2.41. The van der Waals surface area contributed by atoms with E-state index in [0.29, 0.717) is 0 Å². The van der Waals surface area contributed by atoms with Gasteiger partial charge in [0.05, 0.1) is 40.7 Å². The first kappa shape index (κ1) is 39.6. The Morgan fingerprint density at radius 3 is 1.52 bits per heavy atom. The number of aryl methyl sites for hydroxylation is 1. The van der Waals surface area contributed by atoms with E-state index in [9.17, 15) is 41.0 Å². The van der Waals surface area contributed by atoms with Crippen LogP contribution < -0.4 is 5.63 Å². The van der Waals surface area contributed by atoms with Gasteiger partial charge in [0.2, 0.25) is 11.6 Å². The van der Waals surface area contributed by atoms with Crippen molar-refractivity contribution in [1.29, 1.82) is 0 Å². The first-order valence-corrected chi connectivity index (χ1v) is 17.8.